The van der Waals surface area contributed by atoms with E-state index in [1.54, 1.807) is 7.11 Å². The maximum Gasteiger partial charge on any atom is 0.312 e. The molecule has 0 aromatic rings. The minimum absolute atomic E-state index is 0.000490. The van der Waals surface area contributed by atoms with E-state index in [2.05, 4.69) is 47.6 Å². The van der Waals surface area contributed by atoms with Crippen LogP contribution in [0.15, 0.2) is 11.6 Å². The molecule has 6 aliphatic rings. The minimum Gasteiger partial charge on any atom is -0.469 e. The average Bonchev–Trinajstić information content (AvgIpc) is 2.90. The van der Waals surface area contributed by atoms with Crippen LogP contribution in [0.4, 0.5) is 0 Å². The molecule has 0 aromatic carbocycles. The summed E-state index contributed by atoms with van der Waals surface area (Å²) in [6.07, 6.45) is 10.3. The molecular weight excluding hydrogens is 564 g/mol. The van der Waals surface area contributed by atoms with E-state index in [9.17, 15) is 13.2 Å². The van der Waals surface area contributed by atoms with Crippen molar-refractivity contribution >= 4 is 16.1 Å². The van der Waals surface area contributed by atoms with Gasteiger partial charge >= 0.3 is 5.97 Å². The summed E-state index contributed by atoms with van der Waals surface area (Å²) in [7, 11) is -2.14. The molecule has 5 aliphatic carbocycles. The summed E-state index contributed by atoms with van der Waals surface area (Å²) >= 11 is 0. The predicted molar refractivity (Wildman–Crippen MR) is 165 cm³/mol. The number of hydrogen-bond acceptors (Lipinski definition) is 7. The van der Waals surface area contributed by atoms with Gasteiger partial charge in [-0.05, 0) is 111 Å². The fourth-order valence-electron chi connectivity index (χ4n) is 12.3. The Morgan fingerprint density at radius 1 is 0.953 bits per heavy atom. The number of allylic oxidation sites excluding steroid dienone is 2. The molecule has 0 aromatic heterocycles. The topological polar surface area (TPSA) is 88.1 Å². The van der Waals surface area contributed by atoms with Gasteiger partial charge in [0.1, 0.15) is 6.10 Å². The molecule has 0 bridgehead atoms. The lowest BCUT2D eigenvalue weighted by molar-refractivity contribution is -0.366. The zero-order chi connectivity index (χ0) is 31.6. The molecule has 12 atom stereocenters. The summed E-state index contributed by atoms with van der Waals surface area (Å²) in [6, 6.07) is 0. The second-order valence-corrected chi connectivity index (χ2v) is 18.7. The van der Waals surface area contributed by atoms with Gasteiger partial charge in [-0.3, -0.25) is 8.98 Å². The quantitative estimate of drug-likeness (QED) is 0.193. The summed E-state index contributed by atoms with van der Waals surface area (Å²) in [5.41, 5.74) is 0.474. The first-order chi connectivity index (χ1) is 19.8. The third-order valence-electron chi connectivity index (χ3n) is 14.7. The second-order valence-electron chi connectivity index (χ2n) is 17.1. The van der Waals surface area contributed by atoms with E-state index in [1.165, 1.54) is 5.57 Å². The van der Waals surface area contributed by atoms with Crippen LogP contribution < -0.4 is 0 Å². The van der Waals surface area contributed by atoms with Crippen molar-refractivity contribution in [3.8, 4) is 0 Å². The highest BCUT2D eigenvalue weighted by Crippen LogP contribution is 2.76. The summed E-state index contributed by atoms with van der Waals surface area (Å²) < 4.78 is 49.6. The van der Waals surface area contributed by atoms with E-state index in [0.29, 0.717) is 36.7 Å². The number of carbonyl (C=O) groups excluding carboxylic acids is 1. The first kappa shape index (κ1) is 32.0. The van der Waals surface area contributed by atoms with Crippen molar-refractivity contribution < 1.29 is 31.6 Å². The van der Waals surface area contributed by atoms with Crippen LogP contribution in [0.3, 0.4) is 0 Å². The zero-order valence-corrected chi connectivity index (χ0v) is 29.1. The van der Waals surface area contributed by atoms with Gasteiger partial charge in [0.15, 0.2) is 5.79 Å². The van der Waals surface area contributed by atoms with Crippen LogP contribution in [-0.2, 0) is 33.3 Å². The van der Waals surface area contributed by atoms with Crippen molar-refractivity contribution in [2.24, 2.45) is 56.7 Å². The van der Waals surface area contributed by atoms with Gasteiger partial charge in [-0.2, -0.15) is 8.42 Å². The van der Waals surface area contributed by atoms with Gasteiger partial charge in [0, 0.05) is 5.41 Å². The number of methoxy groups -OCH3 is 1. The molecule has 6 rings (SSSR count). The lowest BCUT2D eigenvalue weighted by Crippen LogP contribution is -2.71. The molecule has 1 aliphatic heterocycles. The number of ether oxygens (including phenoxy) is 3. The molecule has 1 heterocycles. The maximum absolute atomic E-state index is 13.6. The van der Waals surface area contributed by atoms with Crippen LogP contribution in [0.25, 0.3) is 0 Å². The van der Waals surface area contributed by atoms with E-state index in [-0.39, 0.29) is 39.7 Å². The lowest BCUT2D eigenvalue weighted by atomic mass is 9.33. The fraction of sp³-hybridized carbons (Fsp3) is 0.914. The van der Waals surface area contributed by atoms with E-state index >= 15 is 0 Å². The monoisotopic (exact) mass is 620 g/mol. The van der Waals surface area contributed by atoms with Crippen molar-refractivity contribution in [2.75, 3.05) is 20.0 Å². The minimum atomic E-state index is -3.70. The Labute approximate surface area is 260 Å². The zero-order valence-electron chi connectivity index (χ0n) is 28.2. The van der Waals surface area contributed by atoms with Gasteiger partial charge in [-0.1, -0.05) is 53.2 Å². The first-order valence-electron chi connectivity index (χ1n) is 16.8. The highest BCUT2D eigenvalue weighted by Gasteiger charge is 2.72. The molecule has 244 valence electrons. The molecule has 5 fully saturated rings. The van der Waals surface area contributed by atoms with Crippen LogP contribution in [-0.4, -0.2) is 52.4 Å². The van der Waals surface area contributed by atoms with Crippen molar-refractivity contribution in [3.05, 3.63) is 11.6 Å². The average molecular weight is 621 g/mol. The third kappa shape index (κ3) is 4.34. The van der Waals surface area contributed by atoms with Crippen LogP contribution in [0.1, 0.15) is 107 Å². The fourth-order valence-corrected chi connectivity index (χ4v) is 12.9. The number of rotatable bonds is 3. The van der Waals surface area contributed by atoms with Crippen molar-refractivity contribution in [1.29, 1.82) is 0 Å². The van der Waals surface area contributed by atoms with Crippen LogP contribution >= 0.6 is 0 Å². The Morgan fingerprint density at radius 3 is 2.30 bits per heavy atom. The molecule has 5 unspecified atom stereocenters. The highest BCUT2D eigenvalue weighted by atomic mass is 32.2. The second kappa shape index (κ2) is 9.78. The van der Waals surface area contributed by atoms with E-state index in [0.717, 1.165) is 51.2 Å². The molecule has 7 nitrogen and oxygen atoms in total. The van der Waals surface area contributed by atoms with Crippen molar-refractivity contribution in [3.63, 3.8) is 0 Å². The summed E-state index contributed by atoms with van der Waals surface area (Å²) in [5, 5.41) is 0. The van der Waals surface area contributed by atoms with Gasteiger partial charge < -0.3 is 14.2 Å². The molecule has 0 spiro atoms. The van der Waals surface area contributed by atoms with Gasteiger partial charge in [0.2, 0.25) is 0 Å². The van der Waals surface area contributed by atoms with Gasteiger partial charge in [-0.15, -0.1) is 0 Å². The highest BCUT2D eigenvalue weighted by molar-refractivity contribution is 7.86. The predicted octanol–water partition coefficient (Wildman–Crippen LogP) is 6.90. The first-order valence-corrected chi connectivity index (χ1v) is 18.6. The van der Waals surface area contributed by atoms with E-state index in [1.807, 2.05) is 13.8 Å². The molecule has 43 heavy (non-hydrogen) atoms. The summed E-state index contributed by atoms with van der Waals surface area (Å²) in [4.78, 5) is 13.6. The third-order valence-corrected chi connectivity index (χ3v) is 15.3. The van der Waals surface area contributed by atoms with E-state index in [4.69, 9.17) is 18.4 Å². The maximum atomic E-state index is 13.6. The SMILES string of the molecule is COC(=O)C12CC[C@@H](C)[C@H](C)C1C1=CCC3[C@@]4(C)C[C@@H](OS(C)(=O)=O)C5OC(C)(C)OC[C@@]5(C)C4CC[C@@]3(C)[C@]1(C)CC2. The van der Waals surface area contributed by atoms with Crippen LogP contribution in [0.5, 0.6) is 0 Å². The molecule has 4 saturated carbocycles. The van der Waals surface area contributed by atoms with Crippen LogP contribution in [0, 0.1) is 56.7 Å². The number of fused-ring (bicyclic) bond motifs is 9. The number of esters is 1. The van der Waals surface area contributed by atoms with Crippen molar-refractivity contribution in [1.82, 2.24) is 0 Å². The molecular formula is C35H56O7S. The van der Waals surface area contributed by atoms with Gasteiger partial charge in [0.25, 0.3) is 10.1 Å². The number of hydrogen-bond donors (Lipinski definition) is 0. The normalized spacial score (nSPS) is 52.3. The molecule has 0 radical (unpaired) electrons. The number of carbonyl (C=O) groups is 1. The Balaban J connectivity index is 1.45. The largest absolute Gasteiger partial charge is 0.469 e. The van der Waals surface area contributed by atoms with Crippen LogP contribution in [0.2, 0.25) is 0 Å². The Morgan fingerprint density at radius 2 is 1.65 bits per heavy atom. The summed E-state index contributed by atoms with van der Waals surface area (Å²) in [6.45, 7) is 18.7. The lowest BCUT2D eigenvalue weighted by Gasteiger charge is -2.72. The standard InChI is InChI=1S/C35H56O7S/c1-21-13-16-35(29(36)39-9)18-17-33(7)23(27(35)22(21)2)11-12-26-31(5)19-24(42-43(10,37)38)28-32(6,20-40-30(3,4)41-28)25(31)14-15-34(26,33)8/h11,21-22,24-28H,12-20H2,1-10H3/t21-,22+,24-,25?,26?,27?,28?,31+,32+,33-,34-,35?/m1/s1. The Hall–Kier alpha value is -0.960. The molecule has 0 amide bonds. The smallest absolute Gasteiger partial charge is 0.312 e. The Kier molecular flexibility index (Phi) is 7.27. The molecule has 8 heteroatoms. The summed E-state index contributed by atoms with van der Waals surface area (Å²) in [5.74, 6) is 1.00. The van der Waals surface area contributed by atoms with E-state index < -0.39 is 27.4 Å². The Bertz CT molecular complexity index is 1310. The molecule has 0 N–H and O–H groups in total. The van der Waals surface area contributed by atoms with Gasteiger partial charge in [-0.25, -0.2) is 0 Å². The van der Waals surface area contributed by atoms with Gasteiger partial charge in [0.05, 0.1) is 31.5 Å². The molecule has 1 saturated heterocycles. The van der Waals surface area contributed by atoms with Crippen molar-refractivity contribution in [2.45, 2.75) is 125 Å².